The van der Waals surface area contributed by atoms with Gasteiger partial charge in [-0.05, 0) is 38.3 Å². The average Bonchev–Trinajstić information content (AvgIpc) is 2.33. The molecule has 0 atom stereocenters. The third-order valence-corrected chi connectivity index (χ3v) is 4.29. The van der Waals surface area contributed by atoms with Gasteiger partial charge in [0.15, 0.2) is 0 Å². The number of hydrogen-bond donors (Lipinski definition) is 0. The van der Waals surface area contributed by atoms with Crippen LogP contribution in [-0.4, -0.2) is 22.3 Å². The molecule has 0 bridgehead atoms. The molecule has 0 aliphatic carbocycles. The van der Waals surface area contributed by atoms with Crippen molar-refractivity contribution in [3.63, 3.8) is 0 Å². The van der Waals surface area contributed by atoms with Gasteiger partial charge in [0.05, 0.1) is 0 Å². The van der Waals surface area contributed by atoms with Crippen LogP contribution in [0.25, 0.3) is 0 Å². The molecule has 0 N–H and O–H groups in total. The molecule has 0 spiro atoms. The van der Waals surface area contributed by atoms with E-state index >= 15 is 0 Å². The number of likely N-dealkylation sites (tertiary alicyclic amines) is 1. The topological polar surface area (TPSA) is 3.24 Å². The first kappa shape index (κ1) is 11.9. The number of thiocarbonyl (C=S) groups is 1. The summed E-state index contributed by atoms with van der Waals surface area (Å²) in [4.78, 5) is 3.59. The monoisotopic (exact) mass is 251 g/mol. The molecular formula is C13H17NS2. The van der Waals surface area contributed by atoms with Crippen LogP contribution in [0.3, 0.4) is 0 Å². The van der Waals surface area contributed by atoms with Gasteiger partial charge in [0, 0.05) is 18.0 Å². The van der Waals surface area contributed by atoms with Crippen molar-refractivity contribution in [2.75, 3.05) is 13.1 Å². The second kappa shape index (κ2) is 5.69. The predicted molar refractivity (Wildman–Crippen MR) is 75.1 cm³/mol. The van der Waals surface area contributed by atoms with Crippen LogP contribution >= 0.6 is 24.0 Å². The number of nitrogens with zero attached hydrogens (tertiary/aromatic N) is 1. The van der Waals surface area contributed by atoms with Crippen molar-refractivity contribution in [3.05, 3.63) is 29.8 Å². The van der Waals surface area contributed by atoms with Crippen LogP contribution < -0.4 is 0 Å². The number of piperidine rings is 1. The second-order valence-corrected chi connectivity index (χ2v) is 5.94. The van der Waals surface area contributed by atoms with Crippen LogP contribution in [0.1, 0.15) is 24.8 Å². The van der Waals surface area contributed by atoms with E-state index in [1.165, 1.54) is 29.7 Å². The lowest BCUT2D eigenvalue weighted by atomic mass is 10.1. The third-order valence-electron chi connectivity index (χ3n) is 2.84. The zero-order valence-corrected chi connectivity index (χ0v) is 11.2. The van der Waals surface area contributed by atoms with E-state index in [9.17, 15) is 0 Å². The van der Waals surface area contributed by atoms with Gasteiger partial charge in [-0.3, -0.25) is 0 Å². The number of thioether (sulfide) groups is 1. The van der Waals surface area contributed by atoms with Gasteiger partial charge in [0.25, 0.3) is 0 Å². The molecule has 3 heteroatoms. The molecule has 1 aromatic carbocycles. The van der Waals surface area contributed by atoms with Crippen molar-refractivity contribution in [2.45, 2.75) is 31.1 Å². The molecule has 1 aliphatic rings. The van der Waals surface area contributed by atoms with Crippen LogP contribution in [0.5, 0.6) is 0 Å². The van der Waals surface area contributed by atoms with Crippen LogP contribution in [0, 0.1) is 6.92 Å². The predicted octanol–water partition coefficient (Wildman–Crippen LogP) is 3.86. The molecule has 2 rings (SSSR count). The molecule has 0 amide bonds. The van der Waals surface area contributed by atoms with Gasteiger partial charge in [0.2, 0.25) is 0 Å². The highest BCUT2D eigenvalue weighted by Crippen LogP contribution is 2.24. The highest BCUT2D eigenvalue weighted by atomic mass is 32.2. The summed E-state index contributed by atoms with van der Waals surface area (Å²) in [5.74, 6) is 0. The fourth-order valence-corrected chi connectivity index (χ4v) is 3.10. The van der Waals surface area contributed by atoms with E-state index < -0.39 is 0 Å². The fourth-order valence-electron chi connectivity index (χ4n) is 1.85. The molecule has 0 unspecified atom stereocenters. The minimum atomic E-state index is 1.03. The van der Waals surface area contributed by atoms with E-state index in [1.54, 1.807) is 11.8 Å². The molecule has 1 aromatic rings. The van der Waals surface area contributed by atoms with Gasteiger partial charge in [-0.25, -0.2) is 0 Å². The first-order valence-electron chi connectivity index (χ1n) is 5.79. The standard InChI is InChI=1S/C13H17NS2/c1-11-5-7-12(8-6-11)16-13(15)14-9-3-2-4-10-14/h5-8H,2-4,9-10H2,1H3. The van der Waals surface area contributed by atoms with Gasteiger partial charge in [-0.2, -0.15) is 0 Å². The fraction of sp³-hybridized carbons (Fsp3) is 0.462. The number of hydrogen-bond acceptors (Lipinski definition) is 2. The summed E-state index contributed by atoms with van der Waals surface area (Å²) < 4.78 is 1.03. The molecule has 0 saturated carbocycles. The van der Waals surface area contributed by atoms with Crippen molar-refractivity contribution < 1.29 is 0 Å². The maximum Gasteiger partial charge on any atom is 0.141 e. The van der Waals surface area contributed by atoms with E-state index in [0.717, 1.165) is 17.4 Å². The van der Waals surface area contributed by atoms with Crippen LogP contribution in [-0.2, 0) is 0 Å². The highest BCUT2D eigenvalue weighted by molar-refractivity contribution is 8.22. The Morgan fingerprint density at radius 1 is 1.12 bits per heavy atom. The molecule has 1 fully saturated rings. The Hall–Kier alpha value is -0.540. The van der Waals surface area contributed by atoms with Crippen LogP contribution in [0.4, 0.5) is 0 Å². The zero-order valence-electron chi connectivity index (χ0n) is 9.61. The second-order valence-electron chi connectivity index (χ2n) is 4.23. The number of benzene rings is 1. The SMILES string of the molecule is Cc1ccc(SC(=S)N2CCCCC2)cc1. The Bertz CT molecular complexity index is 353. The quantitative estimate of drug-likeness (QED) is 0.551. The summed E-state index contributed by atoms with van der Waals surface area (Å²) in [7, 11) is 0. The minimum Gasteiger partial charge on any atom is -0.357 e. The van der Waals surface area contributed by atoms with E-state index in [1.807, 2.05) is 0 Å². The van der Waals surface area contributed by atoms with Crippen molar-refractivity contribution >= 4 is 28.3 Å². The maximum absolute atomic E-state index is 5.48. The van der Waals surface area contributed by atoms with E-state index in [0.29, 0.717) is 0 Å². The summed E-state index contributed by atoms with van der Waals surface area (Å²) in [6, 6.07) is 8.58. The first-order valence-corrected chi connectivity index (χ1v) is 7.01. The van der Waals surface area contributed by atoms with Crippen molar-refractivity contribution in [3.8, 4) is 0 Å². The molecule has 1 aliphatic heterocycles. The van der Waals surface area contributed by atoms with Crippen molar-refractivity contribution in [1.82, 2.24) is 4.90 Å². The van der Waals surface area contributed by atoms with Gasteiger partial charge in [0.1, 0.15) is 4.32 Å². The lowest BCUT2D eigenvalue weighted by Crippen LogP contribution is -2.32. The molecular weight excluding hydrogens is 234 g/mol. The molecule has 16 heavy (non-hydrogen) atoms. The lowest BCUT2D eigenvalue weighted by Gasteiger charge is -2.28. The van der Waals surface area contributed by atoms with E-state index in [2.05, 4.69) is 36.1 Å². The molecule has 86 valence electrons. The van der Waals surface area contributed by atoms with E-state index in [4.69, 9.17) is 12.2 Å². The smallest absolute Gasteiger partial charge is 0.141 e. The van der Waals surface area contributed by atoms with Crippen molar-refractivity contribution in [2.24, 2.45) is 0 Å². The summed E-state index contributed by atoms with van der Waals surface area (Å²) in [6.07, 6.45) is 3.93. The molecule has 0 aromatic heterocycles. The Morgan fingerprint density at radius 3 is 2.38 bits per heavy atom. The summed E-state index contributed by atoms with van der Waals surface area (Å²) in [5.41, 5.74) is 1.30. The lowest BCUT2D eigenvalue weighted by molar-refractivity contribution is 0.352. The minimum absolute atomic E-state index is 1.03. The Labute approximate surface area is 107 Å². The van der Waals surface area contributed by atoms with E-state index in [-0.39, 0.29) is 0 Å². The molecule has 1 saturated heterocycles. The average molecular weight is 251 g/mol. The maximum atomic E-state index is 5.48. The normalized spacial score (nSPS) is 16.2. The summed E-state index contributed by atoms with van der Waals surface area (Å²) in [5, 5.41) is 0. The Balaban J connectivity index is 1.93. The number of aryl methyl sites for hydroxylation is 1. The van der Waals surface area contributed by atoms with Gasteiger partial charge >= 0.3 is 0 Å². The Morgan fingerprint density at radius 2 is 1.75 bits per heavy atom. The highest BCUT2D eigenvalue weighted by Gasteiger charge is 2.13. The summed E-state index contributed by atoms with van der Waals surface area (Å²) in [6.45, 7) is 4.38. The van der Waals surface area contributed by atoms with Crippen LogP contribution in [0.2, 0.25) is 0 Å². The van der Waals surface area contributed by atoms with Gasteiger partial charge < -0.3 is 4.90 Å². The number of rotatable bonds is 1. The first-order chi connectivity index (χ1) is 7.75. The summed E-state index contributed by atoms with van der Waals surface area (Å²) >= 11 is 7.19. The molecule has 1 heterocycles. The molecule has 0 radical (unpaired) electrons. The Kier molecular flexibility index (Phi) is 4.24. The zero-order chi connectivity index (χ0) is 11.4. The van der Waals surface area contributed by atoms with Gasteiger partial charge in [-0.1, -0.05) is 41.7 Å². The largest absolute Gasteiger partial charge is 0.357 e. The van der Waals surface area contributed by atoms with Crippen LogP contribution in [0.15, 0.2) is 29.2 Å². The van der Waals surface area contributed by atoms with Gasteiger partial charge in [-0.15, -0.1) is 0 Å². The third kappa shape index (κ3) is 3.22. The van der Waals surface area contributed by atoms with Crippen molar-refractivity contribution in [1.29, 1.82) is 0 Å². The molecule has 1 nitrogen and oxygen atoms in total.